The standard InChI is InChI=1S/C20H26N4O5/c1-20(10-13-6-4-5-7-15(13)29-3)18(27)24(19(28)22-20)12-17(26)23(2)11-16(25)21-14-8-9-14/h4-7,14H,8-12H2,1-3H3,(H,21,25)(H,22,28)/t20-/m1/s1. The fourth-order valence-electron chi connectivity index (χ4n) is 3.30. The number of urea groups is 1. The van der Waals surface area contributed by atoms with E-state index in [9.17, 15) is 19.2 Å². The van der Waals surface area contributed by atoms with Crippen LogP contribution in [0.4, 0.5) is 4.79 Å². The van der Waals surface area contributed by atoms with Crippen LogP contribution in [0.15, 0.2) is 24.3 Å². The predicted octanol–water partition coefficient (Wildman–Crippen LogP) is 0.285. The molecule has 0 unspecified atom stereocenters. The third-order valence-electron chi connectivity index (χ3n) is 5.12. The highest BCUT2D eigenvalue weighted by Crippen LogP contribution is 2.27. The summed E-state index contributed by atoms with van der Waals surface area (Å²) in [5.41, 5.74) is -0.415. The number of carbonyl (C=O) groups excluding carboxylic acids is 4. The van der Waals surface area contributed by atoms with Gasteiger partial charge in [0.2, 0.25) is 11.8 Å². The molecule has 0 aromatic heterocycles. The van der Waals surface area contributed by atoms with Crippen LogP contribution in [0.3, 0.4) is 0 Å². The SMILES string of the molecule is COc1ccccc1C[C@@]1(C)NC(=O)N(CC(=O)N(C)CC(=O)NC2CC2)C1=O. The first-order chi connectivity index (χ1) is 13.7. The predicted molar refractivity (Wildman–Crippen MR) is 104 cm³/mol. The lowest BCUT2D eigenvalue weighted by atomic mass is 9.92. The molecule has 29 heavy (non-hydrogen) atoms. The second-order valence-electron chi connectivity index (χ2n) is 7.73. The molecule has 0 radical (unpaired) electrons. The van der Waals surface area contributed by atoms with Crippen LogP contribution in [0.25, 0.3) is 0 Å². The lowest BCUT2D eigenvalue weighted by Crippen LogP contribution is -2.47. The summed E-state index contributed by atoms with van der Waals surface area (Å²) in [6, 6.07) is 6.82. The first kappa shape index (κ1) is 20.6. The Hall–Kier alpha value is -3.10. The topological polar surface area (TPSA) is 108 Å². The monoisotopic (exact) mass is 402 g/mol. The van der Waals surface area contributed by atoms with Gasteiger partial charge in [-0.2, -0.15) is 0 Å². The zero-order chi connectivity index (χ0) is 21.2. The average Bonchev–Trinajstić information content (AvgIpc) is 3.45. The summed E-state index contributed by atoms with van der Waals surface area (Å²) in [6.45, 7) is 1.09. The van der Waals surface area contributed by atoms with Crippen LogP contribution in [0.1, 0.15) is 25.3 Å². The molecule has 0 bridgehead atoms. The number of imide groups is 1. The molecule has 2 N–H and O–H groups in total. The second kappa shape index (κ2) is 8.10. The van der Waals surface area contributed by atoms with Gasteiger partial charge in [0, 0.05) is 19.5 Å². The molecule has 1 saturated carbocycles. The highest BCUT2D eigenvalue weighted by molar-refractivity contribution is 6.09. The number of benzene rings is 1. The summed E-state index contributed by atoms with van der Waals surface area (Å²) in [4.78, 5) is 51.7. The van der Waals surface area contributed by atoms with Crippen molar-refractivity contribution >= 4 is 23.8 Å². The Bertz CT molecular complexity index is 838. The molecule has 9 nitrogen and oxygen atoms in total. The lowest BCUT2D eigenvalue weighted by Gasteiger charge is -2.23. The van der Waals surface area contributed by atoms with Crippen LogP contribution in [0.5, 0.6) is 5.75 Å². The van der Waals surface area contributed by atoms with Gasteiger partial charge in [0.1, 0.15) is 17.8 Å². The quantitative estimate of drug-likeness (QED) is 0.608. The Labute approximate surface area is 169 Å². The highest BCUT2D eigenvalue weighted by atomic mass is 16.5. The van der Waals surface area contributed by atoms with Gasteiger partial charge in [-0.1, -0.05) is 18.2 Å². The number of amides is 5. The summed E-state index contributed by atoms with van der Waals surface area (Å²) in [6.07, 6.45) is 2.14. The number of carbonyl (C=O) groups is 4. The first-order valence-electron chi connectivity index (χ1n) is 9.53. The van der Waals surface area contributed by atoms with Gasteiger partial charge in [0.15, 0.2) is 0 Å². The molecule has 1 heterocycles. The fourth-order valence-corrected chi connectivity index (χ4v) is 3.30. The van der Waals surface area contributed by atoms with E-state index in [4.69, 9.17) is 4.74 Å². The number of rotatable bonds is 8. The van der Waals surface area contributed by atoms with Crippen molar-refractivity contribution in [2.24, 2.45) is 0 Å². The van der Waals surface area contributed by atoms with Gasteiger partial charge in [0.25, 0.3) is 5.91 Å². The van der Waals surface area contributed by atoms with Gasteiger partial charge in [0.05, 0.1) is 13.7 Å². The van der Waals surface area contributed by atoms with Crippen molar-refractivity contribution in [3.8, 4) is 5.75 Å². The maximum atomic E-state index is 12.9. The number of methoxy groups -OCH3 is 1. The van der Waals surface area contributed by atoms with Crippen LogP contribution in [0.2, 0.25) is 0 Å². The van der Waals surface area contributed by atoms with Crippen molar-refractivity contribution in [1.29, 1.82) is 0 Å². The zero-order valence-corrected chi connectivity index (χ0v) is 16.9. The molecule has 5 amide bonds. The van der Waals surface area contributed by atoms with Crippen LogP contribution in [-0.2, 0) is 20.8 Å². The van der Waals surface area contributed by atoms with Gasteiger partial charge in [-0.15, -0.1) is 0 Å². The number of nitrogens with one attached hydrogen (secondary N) is 2. The Morgan fingerprint density at radius 2 is 2.00 bits per heavy atom. The van der Waals surface area contributed by atoms with E-state index < -0.39 is 29.9 Å². The Morgan fingerprint density at radius 3 is 2.66 bits per heavy atom. The third kappa shape index (κ3) is 4.67. The summed E-state index contributed by atoms with van der Waals surface area (Å²) < 4.78 is 5.32. The van der Waals surface area contributed by atoms with E-state index in [2.05, 4.69) is 10.6 Å². The van der Waals surface area contributed by atoms with E-state index in [1.165, 1.54) is 19.1 Å². The molecule has 0 spiro atoms. The summed E-state index contributed by atoms with van der Waals surface area (Å²) >= 11 is 0. The molecule has 156 valence electrons. The number of nitrogens with zero attached hydrogens (tertiary/aromatic N) is 2. The molecule has 2 fully saturated rings. The van der Waals surface area contributed by atoms with Gasteiger partial charge < -0.3 is 20.3 Å². The summed E-state index contributed by atoms with van der Waals surface area (Å²) in [5.74, 6) is -0.605. The number of ether oxygens (including phenoxy) is 1. The molecule has 1 aromatic rings. The van der Waals surface area contributed by atoms with Crippen molar-refractivity contribution in [2.45, 2.75) is 37.8 Å². The van der Waals surface area contributed by atoms with Crippen molar-refractivity contribution in [3.63, 3.8) is 0 Å². The van der Waals surface area contributed by atoms with Crippen molar-refractivity contribution in [3.05, 3.63) is 29.8 Å². The van der Waals surface area contributed by atoms with E-state index in [0.29, 0.717) is 5.75 Å². The van der Waals surface area contributed by atoms with Gasteiger partial charge in [-0.3, -0.25) is 19.3 Å². The van der Waals surface area contributed by atoms with Gasteiger partial charge in [-0.05, 0) is 31.4 Å². The van der Waals surface area contributed by atoms with Crippen molar-refractivity contribution < 1.29 is 23.9 Å². The third-order valence-corrected chi connectivity index (χ3v) is 5.12. The fraction of sp³-hybridized carbons (Fsp3) is 0.500. The van der Waals surface area contributed by atoms with Crippen molar-refractivity contribution in [2.75, 3.05) is 27.2 Å². The molecular formula is C20H26N4O5. The normalized spacial score (nSPS) is 21.0. The van der Waals surface area contributed by atoms with Gasteiger partial charge >= 0.3 is 6.03 Å². The minimum Gasteiger partial charge on any atom is -0.496 e. The molecule has 9 heteroatoms. The van der Waals surface area contributed by atoms with Crippen LogP contribution < -0.4 is 15.4 Å². The number of hydrogen-bond donors (Lipinski definition) is 2. The summed E-state index contributed by atoms with van der Waals surface area (Å²) in [7, 11) is 3.01. The number of para-hydroxylation sites is 1. The number of likely N-dealkylation sites (N-methyl/N-ethyl adjacent to an activating group) is 1. The van der Waals surface area contributed by atoms with E-state index in [1.54, 1.807) is 13.0 Å². The molecule has 1 atom stereocenters. The smallest absolute Gasteiger partial charge is 0.325 e. The lowest BCUT2D eigenvalue weighted by molar-refractivity contribution is -0.139. The molecular weight excluding hydrogens is 376 g/mol. The van der Waals surface area contributed by atoms with Crippen LogP contribution >= 0.6 is 0 Å². The molecule has 3 rings (SSSR count). The molecule has 1 saturated heterocycles. The Balaban J connectivity index is 1.63. The minimum atomic E-state index is -1.19. The van der Waals surface area contributed by atoms with Crippen LogP contribution in [-0.4, -0.2) is 72.4 Å². The minimum absolute atomic E-state index is 0.114. The van der Waals surface area contributed by atoms with E-state index >= 15 is 0 Å². The number of hydrogen-bond acceptors (Lipinski definition) is 5. The highest BCUT2D eigenvalue weighted by Gasteiger charge is 2.48. The molecule has 1 aromatic carbocycles. The van der Waals surface area contributed by atoms with Crippen molar-refractivity contribution in [1.82, 2.24) is 20.4 Å². The summed E-state index contributed by atoms with van der Waals surface area (Å²) in [5, 5.41) is 5.48. The molecule has 1 aliphatic carbocycles. The average molecular weight is 402 g/mol. The molecule has 2 aliphatic rings. The van der Waals surface area contributed by atoms with Gasteiger partial charge in [-0.25, -0.2) is 4.79 Å². The maximum absolute atomic E-state index is 12.9. The second-order valence-corrected chi connectivity index (χ2v) is 7.73. The Morgan fingerprint density at radius 1 is 1.31 bits per heavy atom. The maximum Gasteiger partial charge on any atom is 0.325 e. The van der Waals surface area contributed by atoms with E-state index in [0.717, 1.165) is 23.3 Å². The largest absolute Gasteiger partial charge is 0.496 e. The zero-order valence-electron chi connectivity index (χ0n) is 16.9. The van der Waals surface area contributed by atoms with E-state index in [1.807, 2.05) is 18.2 Å². The van der Waals surface area contributed by atoms with Crippen LogP contribution in [0, 0.1) is 0 Å². The Kier molecular flexibility index (Phi) is 5.76. The molecule has 1 aliphatic heterocycles. The first-order valence-corrected chi connectivity index (χ1v) is 9.53. The van der Waals surface area contributed by atoms with E-state index in [-0.39, 0.29) is 24.9 Å².